The van der Waals surface area contributed by atoms with Gasteiger partial charge < -0.3 is 25.0 Å². The quantitative estimate of drug-likeness (QED) is 0.463. The predicted molar refractivity (Wildman–Crippen MR) is 118 cm³/mol. The highest BCUT2D eigenvalue weighted by molar-refractivity contribution is 9.10. The monoisotopic (exact) mass is 473 g/mol. The zero-order valence-electron chi connectivity index (χ0n) is 16.2. The molecule has 0 aromatic heterocycles. The Labute approximate surface area is 181 Å². The first-order chi connectivity index (χ1) is 13.0. The average Bonchev–Trinajstić information content (AvgIpc) is 2.65. The number of benzene rings is 2. The lowest BCUT2D eigenvalue weighted by Crippen LogP contribution is -2.37. The van der Waals surface area contributed by atoms with Gasteiger partial charge in [0.2, 0.25) is 0 Å². The van der Waals surface area contributed by atoms with Crippen molar-refractivity contribution in [2.24, 2.45) is 0 Å². The Hall–Kier alpha value is -1.31. The van der Waals surface area contributed by atoms with E-state index in [4.69, 9.17) is 9.47 Å². The van der Waals surface area contributed by atoms with E-state index in [2.05, 4.69) is 28.2 Å². The highest BCUT2D eigenvalue weighted by atomic mass is 79.9. The summed E-state index contributed by atoms with van der Waals surface area (Å²) in [5.74, 6) is 0.984. The van der Waals surface area contributed by atoms with Crippen LogP contribution in [0.1, 0.15) is 18.1 Å². The first-order valence-corrected chi connectivity index (χ1v) is 9.86. The van der Waals surface area contributed by atoms with Crippen LogP contribution in [0.2, 0.25) is 0 Å². The van der Waals surface area contributed by atoms with Gasteiger partial charge in [0.1, 0.15) is 24.2 Å². The summed E-state index contributed by atoms with van der Waals surface area (Å²) in [6, 6.07) is 13.3. The molecule has 0 saturated heterocycles. The van der Waals surface area contributed by atoms with Gasteiger partial charge in [0, 0.05) is 19.7 Å². The van der Waals surface area contributed by atoms with Gasteiger partial charge in [-0.3, -0.25) is 0 Å². The topological polar surface area (TPSA) is 71.0 Å². The van der Waals surface area contributed by atoms with Crippen LogP contribution in [0.3, 0.4) is 0 Å². The molecule has 0 spiro atoms. The van der Waals surface area contributed by atoms with Crippen molar-refractivity contribution in [3.63, 3.8) is 0 Å². The van der Waals surface area contributed by atoms with Gasteiger partial charge >= 0.3 is 0 Å². The molecule has 2 rings (SSSR count). The number of hydrogen-bond acceptors (Lipinski definition) is 5. The van der Waals surface area contributed by atoms with Crippen molar-refractivity contribution in [3.05, 3.63) is 58.1 Å². The Bertz CT molecular complexity index is 699. The molecule has 0 heterocycles. The van der Waals surface area contributed by atoms with Crippen molar-refractivity contribution in [2.75, 3.05) is 26.9 Å². The van der Waals surface area contributed by atoms with Crippen LogP contribution >= 0.6 is 28.3 Å². The molecule has 0 saturated carbocycles. The molecule has 28 heavy (non-hydrogen) atoms. The molecule has 2 aromatic carbocycles. The minimum absolute atomic E-state index is 0. The maximum Gasteiger partial charge on any atom is 0.133 e. The van der Waals surface area contributed by atoms with Gasteiger partial charge in [-0.15, -0.1) is 12.4 Å². The number of aliphatic hydroxyl groups is 1. The molecule has 2 atom stereocenters. The highest BCUT2D eigenvalue weighted by Gasteiger charge is 2.10. The maximum absolute atomic E-state index is 10.2. The van der Waals surface area contributed by atoms with Crippen LogP contribution in [0.5, 0.6) is 11.5 Å². The third-order valence-corrected chi connectivity index (χ3v) is 4.82. The van der Waals surface area contributed by atoms with Crippen molar-refractivity contribution in [3.8, 4) is 11.5 Å². The normalized spacial score (nSPS) is 12.9. The van der Waals surface area contributed by atoms with Crippen molar-refractivity contribution in [2.45, 2.75) is 31.9 Å². The molecule has 7 heteroatoms. The van der Waals surface area contributed by atoms with Crippen molar-refractivity contribution >= 4 is 28.3 Å². The summed E-state index contributed by atoms with van der Waals surface area (Å²) in [5, 5.41) is 22.8. The third kappa shape index (κ3) is 8.80. The van der Waals surface area contributed by atoms with E-state index in [1.54, 1.807) is 19.2 Å². The van der Waals surface area contributed by atoms with Gasteiger partial charge in [-0.1, -0.05) is 18.2 Å². The second kappa shape index (κ2) is 13.0. The molecule has 0 aliphatic heterocycles. The molecule has 0 bridgehead atoms. The molecule has 0 radical (unpaired) electrons. The Kier molecular flexibility index (Phi) is 11.5. The minimum atomic E-state index is -0.604. The number of phenols is 1. The van der Waals surface area contributed by atoms with Crippen molar-refractivity contribution in [1.82, 2.24) is 5.32 Å². The fraction of sp³-hybridized carbons (Fsp3) is 0.429. The molecule has 0 fully saturated rings. The zero-order chi connectivity index (χ0) is 19.6. The SMILES string of the molecule is COCCc1ccc(OCC(O)CNC(C)Cc2ccc(O)cc2)c(Br)c1.Cl. The van der Waals surface area contributed by atoms with Crippen molar-refractivity contribution < 1.29 is 19.7 Å². The van der Waals surface area contributed by atoms with Gasteiger partial charge in [0.05, 0.1) is 11.1 Å². The van der Waals surface area contributed by atoms with Crippen LogP contribution in [-0.4, -0.2) is 49.2 Å². The lowest BCUT2D eigenvalue weighted by molar-refractivity contribution is 0.104. The lowest BCUT2D eigenvalue weighted by atomic mass is 10.1. The summed E-state index contributed by atoms with van der Waals surface area (Å²) in [5.41, 5.74) is 2.30. The van der Waals surface area contributed by atoms with E-state index in [1.807, 2.05) is 30.3 Å². The number of aliphatic hydroxyl groups excluding tert-OH is 1. The molecule has 3 N–H and O–H groups in total. The van der Waals surface area contributed by atoms with Gasteiger partial charge in [-0.2, -0.15) is 0 Å². The molecule has 0 aliphatic rings. The van der Waals surface area contributed by atoms with Crippen molar-refractivity contribution in [1.29, 1.82) is 0 Å². The Morgan fingerprint density at radius 1 is 1.11 bits per heavy atom. The summed E-state index contributed by atoms with van der Waals surface area (Å²) in [6.07, 6.45) is 1.07. The maximum atomic E-state index is 10.2. The minimum Gasteiger partial charge on any atom is -0.508 e. The van der Waals surface area contributed by atoms with E-state index >= 15 is 0 Å². The summed E-state index contributed by atoms with van der Waals surface area (Å²) in [7, 11) is 1.69. The van der Waals surface area contributed by atoms with Gasteiger partial charge in [-0.25, -0.2) is 0 Å². The zero-order valence-corrected chi connectivity index (χ0v) is 18.6. The van der Waals surface area contributed by atoms with Crippen LogP contribution in [-0.2, 0) is 17.6 Å². The summed E-state index contributed by atoms with van der Waals surface area (Å²) in [6.45, 7) is 3.41. The average molecular weight is 475 g/mol. The summed E-state index contributed by atoms with van der Waals surface area (Å²) >= 11 is 3.51. The fourth-order valence-corrected chi connectivity index (χ4v) is 3.22. The first-order valence-electron chi connectivity index (χ1n) is 9.07. The van der Waals surface area contributed by atoms with E-state index in [0.29, 0.717) is 18.9 Å². The van der Waals surface area contributed by atoms with Crippen LogP contribution in [0.25, 0.3) is 0 Å². The van der Waals surface area contributed by atoms with E-state index in [1.165, 1.54) is 5.56 Å². The lowest BCUT2D eigenvalue weighted by Gasteiger charge is -2.18. The van der Waals surface area contributed by atoms with Crippen LogP contribution in [0.15, 0.2) is 46.9 Å². The third-order valence-electron chi connectivity index (χ3n) is 4.20. The number of rotatable bonds is 11. The smallest absolute Gasteiger partial charge is 0.133 e. The molecule has 5 nitrogen and oxygen atoms in total. The van der Waals surface area contributed by atoms with Crippen LogP contribution < -0.4 is 10.1 Å². The largest absolute Gasteiger partial charge is 0.508 e. The van der Waals surface area contributed by atoms with E-state index in [-0.39, 0.29) is 30.8 Å². The molecule has 2 aromatic rings. The standard InChI is InChI=1S/C21H28BrNO4.ClH/c1-15(11-16-3-6-18(24)7-4-16)23-13-19(25)14-27-21-8-5-17(9-10-26-2)12-20(21)22;/h3-8,12,15,19,23-25H,9-11,13-14H2,1-2H3;1H. The first kappa shape index (κ1) is 24.7. The molecule has 0 aliphatic carbocycles. The number of halogens is 2. The number of phenolic OH excluding ortho intramolecular Hbond substituents is 1. The van der Waals surface area contributed by atoms with E-state index in [0.717, 1.165) is 22.9 Å². The van der Waals surface area contributed by atoms with Gasteiger partial charge in [0.25, 0.3) is 0 Å². The van der Waals surface area contributed by atoms with E-state index in [9.17, 15) is 10.2 Å². The molecular weight excluding hydrogens is 446 g/mol. The Balaban J connectivity index is 0.00000392. The predicted octanol–water partition coefficient (Wildman–Crippen LogP) is 3.73. The van der Waals surface area contributed by atoms with Gasteiger partial charge in [-0.05, 0) is 71.1 Å². The molecular formula is C21H29BrClNO4. The molecule has 0 amide bonds. The fourth-order valence-electron chi connectivity index (χ4n) is 2.68. The number of methoxy groups -OCH3 is 1. The van der Waals surface area contributed by atoms with Crippen LogP contribution in [0, 0.1) is 0 Å². The second-order valence-electron chi connectivity index (χ2n) is 6.65. The van der Waals surface area contributed by atoms with Gasteiger partial charge in [0.15, 0.2) is 0 Å². The second-order valence-corrected chi connectivity index (χ2v) is 7.51. The van der Waals surface area contributed by atoms with Crippen LogP contribution in [0.4, 0.5) is 0 Å². The number of hydrogen-bond donors (Lipinski definition) is 3. The summed E-state index contributed by atoms with van der Waals surface area (Å²) < 4.78 is 11.7. The Morgan fingerprint density at radius 3 is 2.43 bits per heavy atom. The number of nitrogens with one attached hydrogen (secondary N) is 1. The molecule has 2 unspecified atom stereocenters. The summed E-state index contributed by atoms with van der Waals surface area (Å²) in [4.78, 5) is 0. The Morgan fingerprint density at radius 2 is 1.79 bits per heavy atom. The van der Waals surface area contributed by atoms with E-state index < -0.39 is 6.10 Å². The number of aromatic hydroxyl groups is 1. The molecule has 156 valence electrons. The number of ether oxygens (including phenoxy) is 2. The highest BCUT2D eigenvalue weighted by Crippen LogP contribution is 2.26.